The molecule has 0 spiro atoms. The van der Waals surface area contributed by atoms with Gasteiger partial charge in [-0.2, -0.15) is 5.10 Å². The van der Waals surface area contributed by atoms with Crippen LogP contribution in [0.5, 0.6) is 0 Å². The quantitative estimate of drug-likeness (QED) is 0.654. The Labute approximate surface area is 143 Å². The SMILES string of the molecule is O=C(NCCn1nc2c(cc1=O)CCCC2)c1cccc([N+](=O)[O-])c1. The molecular weight excluding hydrogens is 324 g/mol. The Balaban J connectivity index is 1.63. The van der Waals surface area contributed by atoms with Gasteiger partial charge < -0.3 is 5.32 Å². The minimum atomic E-state index is -0.548. The molecule has 1 aliphatic carbocycles. The second-order valence-corrected chi connectivity index (χ2v) is 5.95. The summed E-state index contributed by atoms with van der Waals surface area (Å²) in [5, 5.41) is 17.8. The molecule has 1 heterocycles. The van der Waals surface area contributed by atoms with Crippen LogP contribution in [-0.4, -0.2) is 27.2 Å². The minimum Gasteiger partial charge on any atom is -0.350 e. The first-order valence-corrected chi connectivity index (χ1v) is 8.17. The summed E-state index contributed by atoms with van der Waals surface area (Å²) in [6.07, 6.45) is 3.91. The van der Waals surface area contributed by atoms with Crippen LogP contribution in [-0.2, 0) is 19.4 Å². The zero-order valence-electron chi connectivity index (χ0n) is 13.6. The van der Waals surface area contributed by atoms with Gasteiger partial charge in [-0.05, 0) is 37.3 Å². The number of aromatic nitrogens is 2. The number of rotatable bonds is 5. The van der Waals surface area contributed by atoms with Gasteiger partial charge in [-0.1, -0.05) is 6.07 Å². The lowest BCUT2D eigenvalue weighted by molar-refractivity contribution is -0.384. The summed E-state index contributed by atoms with van der Waals surface area (Å²) in [5.41, 5.74) is 1.87. The Morgan fingerprint density at radius 2 is 2.08 bits per heavy atom. The van der Waals surface area contributed by atoms with Gasteiger partial charge in [-0.3, -0.25) is 19.7 Å². The van der Waals surface area contributed by atoms with Crippen LogP contribution in [0.25, 0.3) is 0 Å². The molecule has 0 bridgehead atoms. The predicted octanol–water partition coefficient (Wildman–Crippen LogP) is 1.46. The van der Waals surface area contributed by atoms with E-state index >= 15 is 0 Å². The van der Waals surface area contributed by atoms with Crippen LogP contribution >= 0.6 is 0 Å². The fourth-order valence-electron chi connectivity index (χ4n) is 2.90. The Hall–Kier alpha value is -3.03. The Morgan fingerprint density at radius 1 is 1.28 bits per heavy atom. The molecule has 1 aromatic carbocycles. The van der Waals surface area contributed by atoms with Gasteiger partial charge >= 0.3 is 0 Å². The number of non-ortho nitro benzene ring substituents is 1. The van der Waals surface area contributed by atoms with Gasteiger partial charge in [0.25, 0.3) is 17.2 Å². The monoisotopic (exact) mass is 342 g/mol. The van der Waals surface area contributed by atoms with E-state index in [9.17, 15) is 19.7 Å². The molecule has 8 nitrogen and oxygen atoms in total. The molecule has 3 rings (SSSR count). The topological polar surface area (TPSA) is 107 Å². The molecule has 0 fully saturated rings. The van der Waals surface area contributed by atoms with Crippen molar-refractivity contribution < 1.29 is 9.72 Å². The minimum absolute atomic E-state index is 0.139. The molecule has 130 valence electrons. The number of nitro benzene ring substituents is 1. The molecule has 0 unspecified atom stereocenters. The molecule has 1 amide bonds. The summed E-state index contributed by atoms with van der Waals surface area (Å²) < 4.78 is 1.36. The van der Waals surface area contributed by atoms with Gasteiger partial charge in [-0.15, -0.1) is 0 Å². The summed E-state index contributed by atoms with van der Waals surface area (Å²) in [5.74, 6) is -0.422. The van der Waals surface area contributed by atoms with Crippen LogP contribution < -0.4 is 10.9 Å². The van der Waals surface area contributed by atoms with Crippen molar-refractivity contribution in [2.75, 3.05) is 6.54 Å². The maximum absolute atomic E-state index is 12.1. The molecule has 0 saturated heterocycles. The lowest BCUT2D eigenvalue weighted by Crippen LogP contribution is -2.33. The van der Waals surface area contributed by atoms with Gasteiger partial charge in [0.2, 0.25) is 0 Å². The van der Waals surface area contributed by atoms with Crippen LogP contribution in [0.2, 0.25) is 0 Å². The molecule has 8 heteroatoms. The van der Waals surface area contributed by atoms with Crippen LogP contribution in [0.15, 0.2) is 35.1 Å². The van der Waals surface area contributed by atoms with Crippen molar-refractivity contribution in [1.29, 1.82) is 0 Å². The zero-order chi connectivity index (χ0) is 17.8. The number of hydrogen-bond acceptors (Lipinski definition) is 5. The maximum Gasteiger partial charge on any atom is 0.270 e. The average Bonchev–Trinajstić information content (AvgIpc) is 2.62. The third kappa shape index (κ3) is 3.90. The third-order valence-electron chi connectivity index (χ3n) is 4.20. The fraction of sp³-hybridized carbons (Fsp3) is 0.353. The number of benzene rings is 1. The summed E-state index contributed by atoms with van der Waals surface area (Å²) in [4.78, 5) is 34.4. The smallest absolute Gasteiger partial charge is 0.270 e. The molecule has 0 aliphatic heterocycles. The van der Waals surface area contributed by atoms with E-state index in [1.54, 1.807) is 6.07 Å². The van der Waals surface area contributed by atoms with Crippen molar-refractivity contribution in [3.8, 4) is 0 Å². The Morgan fingerprint density at radius 3 is 2.88 bits per heavy atom. The van der Waals surface area contributed by atoms with E-state index in [2.05, 4.69) is 10.4 Å². The molecule has 0 atom stereocenters. The number of nitro groups is 1. The molecule has 1 N–H and O–H groups in total. The summed E-state index contributed by atoms with van der Waals surface area (Å²) in [6, 6.07) is 7.14. The van der Waals surface area contributed by atoms with E-state index < -0.39 is 10.8 Å². The van der Waals surface area contributed by atoms with E-state index in [1.165, 1.54) is 28.9 Å². The fourth-order valence-corrected chi connectivity index (χ4v) is 2.90. The summed E-state index contributed by atoms with van der Waals surface area (Å²) in [6.45, 7) is 0.472. The standard InChI is InChI=1S/C17H18N4O4/c22-16-11-12-4-1-2-7-15(12)19-20(16)9-8-18-17(23)13-5-3-6-14(10-13)21(24)25/h3,5-6,10-11H,1-2,4,7-9H2,(H,18,23). The lowest BCUT2D eigenvalue weighted by Gasteiger charge is -2.16. The van der Waals surface area contributed by atoms with Crippen molar-refractivity contribution in [2.45, 2.75) is 32.2 Å². The van der Waals surface area contributed by atoms with Gasteiger partial charge in [-0.25, -0.2) is 4.68 Å². The van der Waals surface area contributed by atoms with Crippen LogP contribution in [0.1, 0.15) is 34.5 Å². The number of fused-ring (bicyclic) bond motifs is 1. The second kappa shape index (κ2) is 7.25. The number of aryl methyl sites for hydroxylation is 2. The van der Waals surface area contributed by atoms with E-state index in [-0.39, 0.29) is 29.9 Å². The molecule has 0 radical (unpaired) electrons. The van der Waals surface area contributed by atoms with Gasteiger partial charge in [0.05, 0.1) is 17.2 Å². The van der Waals surface area contributed by atoms with Crippen molar-refractivity contribution in [2.24, 2.45) is 0 Å². The van der Waals surface area contributed by atoms with E-state index in [1.807, 2.05) is 0 Å². The number of nitrogens with one attached hydrogen (secondary N) is 1. The summed E-state index contributed by atoms with van der Waals surface area (Å²) in [7, 11) is 0. The number of hydrogen-bond donors (Lipinski definition) is 1. The Kier molecular flexibility index (Phi) is 4.87. The van der Waals surface area contributed by atoms with Gasteiger partial charge in [0.1, 0.15) is 0 Å². The number of nitrogens with zero attached hydrogens (tertiary/aromatic N) is 3. The third-order valence-corrected chi connectivity index (χ3v) is 4.20. The van der Waals surface area contributed by atoms with Crippen molar-refractivity contribution in [3.63, 3.8) is 0 Å². The lowest BCUT2D eigenvalue weighted by atomic mass is 9.97. The maximum atomic E-state index is 12.1. The number of carbonyl (C=O) groups is 1. The van der Waals surface area contributed by atoms with E-state index in [0.29, 0.717) is 0 Å². The molecule has 0 saturated carbocycles. The van der Waals surface area contributed by atoms with E-state index in [4.69, 9.17) is 0 Å². The van der Waals surface area contributed by atoms with Crippen LogP contribution in [0.4, 0.5) is 5.69 Å². The van der Waals surface area contributed by atoms with Crippen LogP contribution in [0, 0.1) is 10.1 Å². The van der Waals surface area contributed by atoms with Crippen molar-refractivity contribution >= 4 is 11.6 Å². The van der Waals surface area contributed by atoms with Gasteiger partial charge in [0.15, 0.2) is 0 Å². The number of amides is 1. The molecule has 1 aliphatic rings. The first kappa shape index (κ1) is 16.8. The first-order chi connectivity index (χ1) is 12.0. The predicted molar refractivity (Wildman–Crippen MR) is 90.6 cm³/mol. The molecule has 25 heavy (non-hydrogen) atoms. The highest BCUT2D eigenvalue weighted by Crippen LogP contribution is 2.16. The summed E-state index contributed by atoms with van der Waals surface area (Å²) >= 11 is 0. The Bertz CT molecular complexity index is 875. The molecular formula is C17H18N4O4. The highest BCUT2D eigenvalue weighted by molar-refractivity contribution is 5.94. The van der Waals surface area contributed by atoms with Crippen molar-refractivity contribution in [3.05, 3.63) is 67.6 Å². The average molecular weight is 342 g/mol. The van der Waals surface area contributed by atoms with Crippen LogP contribution in [0.3, 0.4) is 0 Å². The van der Waals surface area contributed by atoms with Gasteiger partial charge in [0, 0.05) is 30.3 Å². The first-order valence-electron chi connectivity index (χ1n) is 8.17. The number of carbonyl (C=O) groups excluding carboxylic acids is 1. The highest BCUT2D eigenvalue weighted by Gasteiger charge is 2.14. The van der Waals surface area contributed by atoms with E-state index in [0.717, 1.165) is 36.9 Å². The normalized spacial score (nSPS) is 13.1. The largest absolute Gasteiger partial charge is 0.350 e. The zero-order valence-corrected chi connectivity index (χ0v) is 13.6. The molecule has 1 aromatic heterocycles. The highest BCUT2D eigenvalue weighted by atomic mass is 16.6. The molecule has 2 aromatic rings. The van der Waals surface area contributed by atoms with Crippen molar-refractivity contribution in [1.82, 2.24) is 15.1 Å². The second-order valence-electron chi connectivity index (χ2n) is 5.95.